The highest BCUT2D eigenvalue weighted by atomic mass is 127. The molecule has 6 nitrogen and oxygen atoms in total. The SMILES string of the molecule is COc1ccc(S(=O)(=O)N(C)c2ccc(I)c3c(I)nn(C)c23)cc1. The number of methoxy groups -OCH3 is 1. The van der Waals surface area contributed by atoms with Crippen molar-refractivity contribution in [1.82, 2.24) is 9.78 Å². The van der Waals surface area contributed by atoms with Gasteiger partial charge in [-0.05, 0) is 81.6 Å². The third-order valence-corrected chi connectivity index (χ3v) is 7.37. The van der Waals surface area contributed by atoms with E-state index in [9.17, 15) is 8.42 Å². The Morgan fingerprint density at radius 3 is 2.36 bits per heavy atom. The van der Waals surface area contributed by atoms with E-state index in [1.54, 1.807) is 43.1 Å². The smallest absolute Gasteiger partial charge is 0.264 e. The summed E-state index contributed by atoms with van der Waals surface area (Å²) in [6.45, 7) is 0. The highest BCUT2D eigenvalue weighted by Gasteiger charge is 2.25. The summed E-state index contributed by atoms with van der Waals surface area (Å²) in [4.78, 5) is 0.208. The summed E-state index contributed by atoms with van der Waals surface area (Å²) >= 11 is 4.40. The van der Waals surface area contributed by atoms with Crippen LogP contribution in [0.2, 0.25) is 0 Å². The standard InChI is InChI=1S/C16H15I2N3O3S/c1-20-15-13(9-8-12(17)14(15)16(18)19-20)21(2)25(22,23)11-6-4-10(24-3)5-7-11/h4-9H,1-3H3. The monoisotopic (exact) mass is 583 g/mol. The molecule has 25 heavy (non-hydrogen) atoms. The number of aryl methyl sites for hydroxylation is 1. The lowest BCUT2D eigenvalue weighted by atomic mass is 10.2. The molecule has 0 aliphatic carbocycles. The third kappa shape index (κ3) is 3.21. The lowest BCUT2D eigenvalue weighted by molar-refractivity contribution is 0.414. The van der Waals surface area contributed by atoms with Gasteiger partial charge in [-0.15, -0.1) is 0 Å². The molecule has 132 valence electrons. The number of fused-ring (bicyclic) bond motifs is 1. The maximum absolute atomic E-state index is 13.0. The maximum Gasteiger partial charge on any atom is 0.264 e. The van der Waals surface area contributed by atoms with Crippen LogP contribution in [0.4, 0.5) is 5.69 Å². The van der Waals surface area contributed by atoms with Gasteiger partial charge < -0.3 is 4.74 Å². The van der Waals surface area contributed by atoms with E-state index in [0.29, 0.717) is 11.4 Å². The summed E-state index contributed by atoms with van der Waals surface area (Å²) in [5, 5.41) is 5.39. The molecule has 0 spiro atoms. The summed E-state index contributed by atoms with van der Waals surface area (Å²) in [6.07, 6.45) is 0. The predicted octanol–water partition coefficient (Wildman–Crippen LogP) is 3.62. The van der Waals surface area contributed by atoms with Gasteiger partial charge in [0.05, 0.1) is 23.2 Å². The van der Waals surface area contributed by atoms with Crippen molar-refractivity contribution in [3.63, 3.8) is 0 Å². The number of sulfonamides is 1. The second-order valence-electron chi connectivity index (χ2n) is 5.35. The van der Waals surface area contributed by atoms with Gasteiger partial charge in [-0.1, -0.05) is 0 Å². The average molecular weight is 583 g/mol. The molecule has 0 unspecified atom stereocenters. The lowest BCUT2D eigenvalue weighted by Crippen LogP contribution is -2.27. The van der Waals surface area contributed by atoms with Crippen LogP contribution in [0.25, 0.3) is 10.9 Å². The van der Waals surface area contributed by atoms with E-state index in [-0.39, 0.29) is 4.90 Å². The van der Waals surface area contributed by atoms with E-state index < -0.39 is 10.0 Å². The summed E-state index contributed by atoms with van der Waals surface area (Å²) in [7, 11) is 1.22. The van der Waals surface area contributed by atoms with Crippen molar-refractivity contribution in [2.45, 2.75) is 4.90 Å². The first-order valence-corrected chi connectivity index (χ1v) is 10.8. The van der Waals surface area contributed by atoms with Crippen molar-refractivity contribution in [1.29, 1.82) is 0 Å². The Balaban J connectivity index is 2.16. The molecule has 0 fully saturated rings. The zero-order chi connectivity index (χ0) is 18.4. The molecular weight excluding hydrogens is 568 g/mol. The topological polar surface area (TPSA) is 64.4 Å². The number of hydrogen-bond acceptors (Lipinski definition) is 4. The quantitative estimate of drug-likeness (QED) is 0.441. The van der Waals surface area contributed by atoms with E-state index in [4.69, 9.17) is 4.74 Å². The van der Waals surface area contributed by atoms with Gasteiger partial charge in [0.1, 0.15) is 9.45 Å². The molecule has 0 bridgehead atoms. The fraction of sp³-hybridized carbons (Fsp3) is 0.188. The second-order valence-corrected chi connectivity index (χ2v) is 9.51. The molecule has 0 aliphatic heterocycles. The maximum atomic E-state index is 13.0. The fourth-order valence-corrected chi connectivity index (χ4v) is 5.88. The molecule has 1 aromatic heterocycles. The minimum absolute atomic E-state index is 0.208. The number of halogens is 2. The van der Waals surface area contributed by atoms with Gasteiger partial charge in [0.15, 0.2) is 0 Å². The van der Waals surface area contributed by atoms with E-state index in [1.807, 2.05) is 19.2 Å². The molecule has 0 saturated carbocycles. The minimum atomic E-state index is -3.70. The predicted molar refractivity (Wildman–Crippen MR) is 115 cm³/mol. The van der Waals surface area contributed by atoms with Crippen LogP contribution in [0.5, 0.6) is 5.75 Å². The molecule has 9 heteroatoms. The Bertz CT molecular complexity index is 1050. The lowest BCUT2D eigenvalue weighted by Gasteiger charge is -2.21. The Labute approximate surface area is 173 Å². The highest BCUT2D eigenvalue weighted by molar-refractivity contribution is 14.1. The molecule has 0 saturated heterocycles. The first-order valence-electron chi connectivity index (χ1n) is 7.21. The van der Waals surface area contributed by atoms with Crippen molar-refractivity contribution in [3.05, 3.63) is 43.7 Å². The number of hydrogen-bond donors (Lipinski definition) is 0. The molecule has 0 amide bonds. The summed E-state index contributed by atoms with van der Waals surface area (Å²) in [6, 6.07) is 10.1. The normalized spacial score (nSPS) is 11.7. The third-order valence-electron chi connectivity index (χ3n) is 3.93. The number of nitrogens with zero attached hydrogens (tertiary/aromatic N) is 3. The van der Waals surface area contributed by atoms with E-state index >= 15 is 0 Å². The van der Waals surface area contributed by atoms with Crippen molar-refractivity contribution in [2.24, 2.45) is 7.05 Å². The zero-order valence-corrected chi connectivity index (χ0v) is 18.8. The molecule has 3 aromatic rings. The van der Waals surface area contributed by atoms with Gasteiger partial charge in [-0.25, -0.2) is 8.42 Å². The number of rotatable bonds is 4. The van der Waals surface area contributed by atoms with Crippen LogP contribution in [-0.4, -0.2) is 32.4 Å². The Hall–Kier alpha value is -1.08. The van der Waals surface area contributed by atoms with Crippen LogP contribution in [0, 0.1) is 7.27 Å². The van der Waals surface area contributed by atoms with E-state index in [1.165, 1.54) is 4.31 Å². The molecule has 0 aliphatic rings. The van der Waals surface area contributed by atoms with Crippen molar-refractivity contribution >= 4 is 71.8 Å². The summed E-state index contributed by atoms with van der Waals surface area (Å²) in [5.74, 6) is 0.611. The van der Waals surface area contributed by atoms with Gasteiger partial charge in [-0.3, -0.25) is 8.99 Å². The second kappa shape index (κ2) is 6.91. The van der Waals surface area contributed by atoms with Crippen LogP contribution >= 0.6 is 45.2 Å². The van der Waals surface area contributed by atoms with Gasteiger partial charge in [-0.2, -0.15) is 5.10 Å². The summed E-state index contributed by atoms with van der Waals surface area (Å²) in [5.41, 5.74) is 1.38. The van der Waals surface area contributed by atoms with Crippen LogP contribution in [0.1, 0.15) is 0 Å². The fourth-order valence-electron chi connectivity index (χ4n) is 2.60. The van der Waals surface area contributed by atoms with E-state index in [0.717, 1.165) is 18.2 Å². The Kier molecular flexibility index (Phi) is 5.17. The van der Waals surface area contributed by atoms with Gasteiger partial charge in [0.2, 0.25) is 0 Å². The average Bonchev–Trinajstić information content (AvgIpc) is 2.90. The van der Waals surface area contributed by atoms with Crippen molar-refractivity contribution in [2.75, 3.05) is 18.5 Å². The van der Waals surface area contributed by atoms with Crippen molar-refractivity contribution < 1.29 is 13.2 Å². The van der Waals surface area contributed by atoms with Crippen LogP contribution in [0.3, 0.4) is 0 Å². The van der Waals surface area contributed by atoms with Gasteiger partial charge >= 0.3 is 0 Å². The van der Waals surface area contributed by atoms with Gasteiger partial charge in [0, 0.05) is 23.1 Å². The largest absolute Gasteiger partial charge is 0.497 e. The molecule has 2 aromatic carbocycles. The number of benzene rings is 2. The molecule has 0 radical (unpaired) electrons. The van der Waals surface area contributed by atoms with Crippen LogP contribution in [-0.2, 0) is 17.1 Å². The first kappa shape index (κ1) is 18.7. The highest BCUT2D eigenvalue weighted by Crippen LogP contribution is 2.34. The van der Waals surface area contributed by atoms with E-state index in [2.05, 4.69) is 50.3 Å². The molecule has 0 N–H and O–H groups in total. The summed E-state index contributed by atoms with van der Waals surface area (Å²) < 4.78 is 36.0. The molecule has 1 heterocycles. The van der Waals surface area contributed by atoms with Crippen molar-refractivity contribution in [3.8, 4) is 5.75 Å². The minimum Gasteiger partial charge on any atom is -0.497 e. The van der Waals surface area contributed by atoms with Crippen LogP contribution in [0.15, 0.2) is 41.3 Å². The number of anilines is 1. The Morgan fingerprint density at radius 2 is 1.76 bits per heavy atom. The van der Waals surface area contributed by atoms with Crippen LogP contribution < -0.4 is 9.04 Å². The number of aromatic nitrogens is 2. The molecular formula is C16H15I2N3O3S. The molecule has 3 rings (SSSR count). The first-order chi connectivity index (χ1) is 11.8. The zero-order valence-electron chi connectivity index (χ0n) is 13.7. The molecule has 0 atom stereocenters. The number of ether oxygens (including phenoxy) is 1. The van der Waals surface area contributed by atoms with Gasteiger partial charge in [0.25, 0.3) is 10.0 Å². The Morgan fingerprint density at radius 1 is 1.12 bits per heavy atom.